The van der Waals surface area contributed by atoms with Gasteiger partial charge in [0, 0.05) is 13.2 Å². The highest BCUT2D eigenvalue weighted by atomic mass is 16.5. The highest BCUT2D eigenvalue weighted by Gasteiger charge is 2.14. The molecule has 18 heavy (non-hydrogen) atoms. The van der Waals surface area contributed by atoms with Crippen molar-refractivity contribution in [1.82, 2.24) is 5.32 Å². The van der Waals surface area contributed by atoms with Gasteiger partial charge in [0.05, 0.1) is 6.61 Å². The molecule has 0 saturated carbocycles. The summed E-state index contributed by atoms with van der Waals surface area (Å²) in [4.78, 5) is 11.7. The molecule has 0 saturated heterocycles. The number of rotatable bonds is 7. The number of nitrogens with one attached hydrogen (secondary N) is 1. The molecule has 0 aliphatic heterocycles. The zero-order valence-corrected chi connectivity index (χ0v) is 11.1. The summed E-state index contributed by atoms with van der Waals surface area (Å²) >= 11 is 0. The maximum Gasteiger partial charge on any atom is 0.241 e. The van der Waals surface area contributed by atoms with Crippen LogP contribution in [0.3, 0.4) is 0 Å². The van der Waals surface area contributed by atoms with E-state index in [2.05, 4.69) is 19.2 Å². The van der Waals surface area contributed by atoms with Gasteiger partial charge in [-0.1, -0.05) is 44.2 Å². The molecule has 0 heterocycles. The maximum absolute atomic E-state index is 11.7. The van der Waals surface area contributed by atoms with Gasteiger partial charge in [-0.25, -0.2) is 0 Å². The van der Waals surface area contributed by atoms with Gasteiger partial charge >= 0.3 is 0 Å². The molecular weight excluding hydrogens is 228 g/mol. The minimum atomic E-state index is -0.615. The minimum absolute atomic E-state index is 0.172. The van der Waals surface area contributed by atoms with Crippen molar-refractivity contribution in [3.63, 3.8) is 0 Å². The summed E-state index contributed by atoms with van der Waals surface area (Å²) in [5, 5.41) is 2.77. The standard InChI is InChI=1S/C14H22N2O2/c1-11(2)10-18-9-8-16-14(17)13(15)12-6-4-3-5-7-12/h3-7,11,13H,8-10,15H2,1-2H3,(H,16,17)/t13-/m1/s1. The molecule has 3 N–H and O–H groups in total. The summed E-state index contributed by atoms with van der Waals surface area (Å²) in [5.41, 5.74) is 6.67. The zero-order valence-electron chi connectivity index (χ0n) is 11.1. The fourth-order valence-corrected chi connectivity index (χ4v) is 1.49. The molecule has 0 aliphatic carbocycles. The Kier molecular flexibility index (Phi) is 6.39. The first-order valence-corrected chi connectivity index (χ1v) is 6.27. The predicted molar refractivity (Wildman–Crippen MR) is 72.0 cm³/mol. The molecule has 0 spiro atoms. The van der Waals surface area contributed by atoms with Crippen LogP contribution < -0.4 is 11.1 Å². The summed E-state index contributed by atoms with van der Waals surface area (Å²) < 4.78 is 5.38. The summed E-state index contributed by atoms with van der Waals surface area (Å²) in [7, 11) is 0. The van der Waals surface area contributed by atoms with E-state index in [0.29, 0.717) is 25.7 Å². The minimum Gasteiger partial charge on any atom is -0.379 e. The first-order chi connectivity index (χ1) is 8.61. The molecule has 0 unspecified atom stereocenters. The summed E-state index contributed by atoms with van der Waals surface area (Å²) in [6.07, 6.45) is 0. The molecular formula is C14H22N2O2. The fourth-order valence-electron chi connectivity index (χ4n) is 1.49. The monoisotopic (exact) mass is 250 g/mol. The molecule has 1 rings (SSSR count). The molecule has 0 aliphatic rings. The Balaban J connectivity index is 2.25. The Morgan fingerprint density at radius 2 is 2.00 bits per heavy atom. The van der Waals surface area contributed by atoms with Crippen molar-refractivity contribution in [2.45, 2.75) is 19.9 Å². The van der Waals surface area contributed by atoms with Crippen LogP contribution in [0.2, 0.25) is 0 Å². The van der Waals surface area contributed by atoms with Crippen LogP contribution in [0.1, 0.15) is 25.5 Å². The Labute approximate surface area is 109 Å². The van der Waals surface area contributed by atoms with Gasteiger partial charge in [0.15, 0.2) is 0 Å². The number of carbonyl (C=O) groups is 1. The van der Waals surface area contributed by atoms with E-state index in [4.69, 9.17) is 10.5 Å². The van der Waals surface area contributed by atoms with Crippen molar-refractivity contribution >= 4 is 5.91 Å². The van der Waals surface area contributed by atoms with Crippen LogP contribution >= 0.6 is 0 Å². The Bertz CT molecular complexity index is 352. The number of carbonyl (C=O) groups excluding carboxylic acids is 1. The predicted octanol–water partition coefficient (Wildman–Crippen LogP) is 1.48. The largest absolute Gasteiger partial charge is 0.379 e. The van der Waals surface area contributed by atoms with Crippen molar-refractivity contribution < 1.29 is 9.53 Å². The Morgan fingerprint density at radius 3 is 2.61 bits per heavy atom. The maximum atomic E-state index is 11.7. The van der Waals surface area contributed by atoms with E-state index in [0.717, 1.165) is 5.56 Å². The average molecular weight is 250 g/mol. The smallest absolute Gasteiger partial charge is 0.241 e. The molecule has 1 aromatic rings. The Morgan fingerprint density at radius 1 is 1.33 bits per heavy atom. The van der Waals surface area contributed by atoms with Crippen LogP contribution in [0.4, 0.5) is 0 Å². The van der Waals surface area contributed by atoms with Gasteiger partial charge in [0.2, 0.25) is 5.91 Å². The third-order valence-electron chi connectivity index (χ3n) is 2.44. The number of ether oxygens (including phenoxy) is 1. The van der Waals surface area contributed by atoms with Gasteiger partial charge in [-0.05, 0) is 11.5 Å². The van der Waals surface area contributed by atoms with Crippen LogP contribution in [0.5, 0.6) is 0 Å². The number of hydrogen-bond donors (Lipinski definition) is 2. The summed E-state index contributed by atoms with van der Waals surface area (Å²) in [5.74, 6) is 0.335. The lowest BCUT2D eigenvalue weighted by molar-refractivity contribution is -0.122. The lowest BCUT2D eigenvalue weighted by Crippen LogP contribution is -2.36. The van der Waals surface area contributed by atoms with E-state index in [1.54, 1.807) is 0 Å². The molecule has 1 aromatic carbocycles. The van der Waals surface area contributed by atoms with Crippen LogP contribution in [-0.2, 0) is 9.53 Å². The molecule has 0 aromatic heterocycles. The van der Waals surface area contributed by atoms with Gasteiger partial charge in [0.1, 0.15) is 6.04 Å². The number of nitrogens with two attached hydrogens (primary N) is 1. The average Bonchev–Trinajstić information content (AvgIpc) is 2.38. The molecule has 1 amide bonds. The topological polar surface area (TPSA) is 64.3 Å². The summed E-state index contributed by atoms with van der Waals surface area (Å²) in [6.45, 7) is 5.89. The van der Waals surface area contributed by atoms with E-state index >= 15 is 0 Å². The van der Waals surface area contributed by atoms with Gasteiger partial charge in [-0.2, -0.15) is 0 Å². The van der Waals surface area contributed by atoms with Crippen molar-refractivity contribution in [3.05, 3.63) is 35.9 Å². The van der Waals surface area contributed by atoms with Gasteiger partial charge in [-0.3, -0.25) is 4.79 Å². The van der Waals surface area contributed by atoms with Crippen molar-refractivity contribution in [2.24, 2.45) is 11.7 Å². The van der Waals surface area contributed by atoms with E-state index in [1.165, 1.54) is 0 Å². The molecule has 1 atom stereocenters. The van der Waals surface area contributed by atoms with E-state index < -0.39 is 6.04 Å². The first kappa shape index (κ1) is 14.7. The number of hydrogen-bond acceptors (Lipinski definition) is 3. The normalized spacial score (nSPS) is 12.4. The molecule has 4 nitrogen and oxygen atoms in total. The first-order valence-electron chi connectivity index (χ1n) is 6.27. The quantitative estimate of drug-likeness (QED) is 0.720. The second-order valence-corrected chi connectivity index (χ2v) is 4.65. The second-order valence-electron chi connectivity index (χ2n) is 4.65. The van der Waals surface area contributed by atoms with E-state index in [1.807, 2.05) is 30.3 Å². The number of benzene rings is 1. The van der Waals surface area contributed by atoms with Gasteiger partial charge in [0.25, 0.3) is 0 Å². The molecule has 0 radical (unpaired) electrons. The molecule has 4 heteroatoms. The Hall–Kier alpha value is -1.39. The van der Waals surface area contributed by atoms with Gasteiger partial charge in [-0.15, -0.1) is 0 Å². The van der Waals surface area contributed by atoms with Crippen LogP contribution in [0.25, 0.3) is 0 Å². The van der Waals surface area contributed by atoms with Crippen molar-refractivity contribution in [1.29, 1.82) is 0 Å². The van der Waals surface area contributed by atoms with Crippen molar-refractivity contribution in [3.8, 4) is 0 Å². The third-order valence-corrected chi connectivity index (χ3v) is 2.44. The third kappa shape index (κ3) is 5.29. The summed E-state index contributed by atoms with van der Waals surface area (Å²) in [6, 6.07) is 8.71. The van der Waals surface area contributed by atoms with Crippen LogP contribution in [0, 0.1) is 5.92 Å². The van der Waals surface area contributed by atoms with Crippen LogP contribution in [-0.4, -0.2) is 25.7 Å². The van der Waals surface area contributed by atoms with Crippen molar-refractivity contribution in [2.75, 3.05) is 19.8 Å². The zero-order chi connectivity index (χ0) is 13.4. The molecule has 0 bridgehead atoms. The lowest BCUT2D eigenvalue weighted by atomic mass is 10.1. The van der Waals surface area contributed by atoms with E-state index in [9.17, 15) is 4.79 Å². The SMILES string of the molecule is CC(C)COCCNC(=O)[C@H](N)c1ccccc1. The second kappa shape index (κ2) is 7.84. The highest BCUT2D eigenvalue weighted by Crippen LogP contribution is 2.08. The highest BCUT2D eigenvalue weighted by molar-refractivity contribution is 5.82. The number of amides is 1. The van der Waals surface area contributed by atoms with E-state index in [-0.39, 0.29) is 5.91 Å². The molecule has 100 valence electrons. The van der Waals surface area contributed by atoms with Gasteiger partial charge < -0.3 is 15.8 Å². The van der Waals surface area contributed by atoms with Crippen LogP contribution in [0.15, 0.2) is 30.3 Å². The fraction of sp³-hybridized carbons (Fsp3) is 0.500. The molecule has 0 fully saturated rings. The lowest BCUT2D eigenvalue weighted by Gasteiger charge is -2.13.